The van der Waals surface area contributed by atoms with Crippen molar-refractivity contribution in [2.75, 3.05) is 26.2 Å². The first-order chi connectivity index (χ1) is 9.88. The molecule has 2 N–H and O–H groups in total. The van der Waals surface area contributed by atoms with E-state index in [4.69, 9.17) is 5.11 Å². The van der Waals surface area contributed by atoms with E-state index in [1.54, 1.807) is 0 Å². The molecule has 1 fully saturated rings. The predicted molar refractivity (Wildman–Crippen MR) is 81.3 cm³/mol. The van der Waals surface area contributed by atoms with Gasteiger partial charge in [-0.2, -0.15) is 0 Å². The van der Waals surface area contributed by atoms with Crippen LogP contribution in [0, 0.1) is 5.92 Å². The molecule has 0 saturated carbocycles. The molecule has 1 aliphatic heterocycles. The number of carboxylic acids is 1. The van der Waals surface area contributed by atoms with E-state index >= 15 is 0 Å². The number of hydrogen-bond acceptors (Lipinski definition) is 5. The first-order valence-corrected chi connectivity index (χ1v) is 9.28. The number of likely N-dealkylation sites (tertiary alicyclic amines) is 1. The van der Waals surface area contributed by atoms with Gasteiger partial charge in [0.1, 0.15) is 4.21 Å². The zero-order valence-electron chi connectivity index (χ0n) is 11.9. The molecule has 1 aromatic rings. The van der Waals surface area contributed by atoms with Gasteiger partial charge in [-0.05, 0) is 31.4 Å². The van der Waals surface area contributed by atoms with E-state index in [2.05, 4.69) is 16.5 Å². The van der Waals surface area contributed by atoms with E-state index < -0.39 is 16.0 Å². The minimum Gasteiger partial charge on any atom is -0.478 e. The fourth-order valence-corrected chi connectivity index (χ4v) is 4.69. The number of nitrogens with zero attached hydrogens (tertiary/aromatic N) is 1. The molecule has 6 nitrogen and oxygen atoms in total. The van der Waals surface area contributed by atoms with E-state index in [0.29, 0.717) is 19.0 Å². The number of sulfonamides is 1. The molecule has 0 spiro atoms. The Bertz CT molecular complexity index is 597. The third-order valence-electron chi connectivity index (χ3n) is 3.55. The normalized spacial score (nSPS) is 20.5. The minimum absolute atomic E-state index is 0.00484. The molecule has 21 heavy (non-hydrogen) atoms. The van der Waals surface area contributed by atoms with Crippen LogP contribution in [0.4, 0.5) is 0 Å². The fraction of sp³-hybridized carbons (Fsp3) is 0.615. The lowest BCUT2D eigenvalue weighted by molar-refractivity contribution is 0.0697. The van der Waals surface area contributed by atoms with Gasteiger partial charge in [0, 0.05) is 25.0 Å². The molecule has 1 saturated heterocycles. The first kappa shape index (κ1) is 16.4. The molecule has 0 amide bonds. The van der Waals surface area contributed by atoms with E-state index in [9.17, 15) is 13.2 Å². The van der Waals surface area contributed by atoms with Crippen LogP contribution in [-0.2, 0) is 10.0 Å². The third kappa shape index (κ3) is 4.50. The summed E-state index contributed by atoms with van der Waals surface area (Å²) in [6.07, 6.45) is 2.39. The monoisotopic (exact) mass is 332 g/mol. The Morgan fingerprint density at radius 3 is 2.95 bits per heavy atom. The Morgan fingerprint density at radius 1 is 1.57 bits per heavy atom. The summed E-state index contributed by atoms with van der Waals surface area (Å²) in [5.74, 6) is -0.458. The van der Waals surface area contributed by atoms with E-state index in [0.717, 1.165) is 30.8 Å². The highest BCUT2D eigenvalue weighted by molar-refractivity contribution is 7.91. The zero-order chi connectivity index (χ0) is 15.5. The van der Waals surface area contributed by atoms with Crippen LogP contribution in [-0.4, -0.2) is 50.6 Å². The quantitative estimate of drug-likeness (QED) is 0.823. The summed E-state index contributed by atoms with van der Waals surface area (Å²) in [4.78, 5) is 13.0. The SMILES string of the molecule is CC1CCCN(CCNS(=O)(=O)c2cc(C(=O)O)cs2)C1. The molecule has 2 heterocycles. The van der Waals surface area contributed by atoms with Crippen molar-refractivity contribution < 1.29 is 18.3 Å². The van der Waals surface area contributed by atoms with Gasteiger partial charge in [0.05, 0.1) is 5.56 Å². The van der Waals surface area contributed by atoms with E-state index in [1.165, 1.54) is 17.9 Å². The number of piperidine rings is 1. The number of thiophene rings is 1. The molecule has 1 aliphatic rings. The topological polar surface area (TPSA) is 86.7 Å². The average molecular weight is 332 g/mol. The maximum atomic E-state index is 12.1. The van der Waals surface area contributed by atoms with Gasteiger partial charge in [-0.15, -0.1) is 11.3 Å². The van der Waals surface area contributed by atoms with Crippen molar-refractivity contribution in [1.82, 2.24) is 9.62 Å². The van der Waals surface area contributed by atoms with Crippen molar-refractivity contribution in [3.63, 3.8) is 0 Å². The summed E-state index contributed by atoms with van der Waals surface area (Å²) >= 11 is 0.926. The molecule has 0 bridgehead atoms. The Hall–Kier alpha value is -0.960. The number of hydrogen-bond donors (Lipinski definition) is 2. The van der Waals surface area contributed by atoms with E-state index in [1.807, 2.05) is 0 Å². The minimum atomic E-state index is -3.61. The number of carboxylic acid groups (broad SMARTS) is 1. The molecule has 0 radical (unpaired) electrons. The van der Waals surface area contributed by atoms with Crippen LogP contribution in [0.2, 0.25) is 0 Å². The lowest BCUT2D eigenvalue weighted by atomic mass is 10.0. The van der Waals surface area contributed by atoms with Crippen LogP contribution in [0.5, 0.6) is 0 Å². The van der Waals surface area contributed by atoms with Gasteiger partial charge in [-0.1, -0.05) is 6.92 Å². The molecule has 1 unspecified atom stereocenters. The van der Waals surface area contributed by atoms with Crippen LogP contribution in [0.3, 0.4) is 0 Å². The maximum absolute atomic E-state index is 12.1. The fourth-order valence-electron chi connectivity index (χ4n) is 2.47. The van der Waals surface area contributed by atoms with Crippen molar-refractivity contribution in [1.29, 1.82) is 0 Å². The van der Waals surface area contributed by atoms with E-state index in [-0.39, 0.29) is 9.77 Å². The highest BCUT2D eigenvalue weighted by Crippen LogP contribution is 2.20. The Labute approximate surface area is 128 Å². The summed E-state index contributed by atoms with van der Waals surface area (Å²) in [6, 6.07) is 1.19. The van der Waals surface area contributed by atoms with Gasteiger partial charge in [-0.25, -0.2) is 17.9 Å². The number of carbonyl (C=O) groups is 1. The van der Waals surface area contributed by atoms with Crippen molar-refractivity contribution >= 4 is 27.3 Å². The van der Waals surface area contributed by atoms with Crippen molar-refractivity contribution in [3.8, 4) is 0 Å². The zero-order valence-corrected chi connectivity index (χ0v) is 13.5. The van der Waals surface area contributed by atoms with Gasteiger partial charge < -0.3 is 10.0 Å². The van der Waals surface area contributed by atoms with Crippen LogP contribution in [0.1, 0.15) is 30.1 Å². The molecule has 0 aromatic carbocycles. The summed E-state index contributed by atoms with van der Waals surface area (Å²) in [7, 11) is -3.61. The maximum Gasteiger partial charge on any atom is 0.336 e. The molecule has 2 rings (SSSR count). The smallest absolute Gasteiger partial charge is 0.336 e. The van der Waals surface area contributed by atoms with Gasteiger partial charge in [0.25, 0.3) is 0 Å². The molecule has 0 aliphatic carbocycles. The lowest BCUT2D eigenvalue weighted by Gasteiger charge is -2.30. The van der Waals surface area contributed by atoms with Gasteiger partial charge in [-0.3, -0.25) is 0 Å². The van der Waals surface area contributed by atoms with Crippen LogP contribution < -0.4 is 4.72 Å². The molecule has 8 heteroatoms. The second kappa shape index (κ2) is 6.87. The third-order valence-corrected chi connectivity index (χ3v) is 6.45. The molecule has 1 atom stereocenters. The summed E-state index contributed by atoms with van der Waals surface area (Å²) < 4.78 is 26.7. The summed E-state index contributed by atoms with van der Waals surface area (Å²) in [5, 5.41) is 10.2. The van der Waals surface area contributed by atoms with Crippen LogP contribution >= 0.6 is 11.3 Å². The highest BCUT2D eigenvalue weighted by atomic mass is 32.2. The van der Waals surface area contributed by atoms with Gasteiger partial charge in [0.15, 0.2) is 0 Å². The number of nitrogens with one attached hydrogen (secondary N) is 1. The van der Waals surface area contributed by atoms with Crippen molar-refractivity contribution in [2.45, 2.75) is 24.0 Å². The summed E-state index contributed by atoms with van der Waals surface area (Å²) in [5.41, 5.74) is 0.00484. The largest absolute Gasteiger partial charge is 0.478 e. The molecule has 118 valence electrons. The van der Waals surface area contributed by atoms with Crippen molar-refractivity contribution in [3.05, 3.63) is 17.0 Å². The van der Waals surface area contributed by atoms with Crippen LogP contribution in [0.15, 0.2) is 15.7 Å². The molecular weight excluding hydrogens is 312 g/mol. The first-order valence-electron chi connectivity index (χ1n) is 6.92. The van der Waals surface area contributed by atoms with Gasteiger partial charge >= 0.3 is 5.97 Å². The Balaban J connectivity index is 1.87. The highest BCUT2D eigenvalue weighted by Gasteiger charge is 2.20. The van der Waals surface area contributed by atoms with Crippen molar-refractivity contribution in [2.24, 2.45) is 5.92 Å². The van der Waals surface area contributed by atoms with Crippen LogP contribution in [0.25, 0.3) is 0 Å². The molecular formula is C13H20N2O4S2. The van der Waals surface area contributed by atoms with Gasteiger partial charge in [0.2, 0.25) is 10.0 Å². The Morgan fingerprint density at radius 2 is 2.33 bits per heavy atom. The second-order valence-electron chi connectivity index (χ2n) is 5.41. The Kier molecular flexibility index (Phi) is 5.37. The predicted octanol–water partition coefficient (Wildman–Crippen LogP) is 1.46. The number of aromatic carboxylic acids is 1. The average Bonchev–Trinajstić information content (AvgIpc) is 2.89. The number of rotatable bonds is 6. The second-order valence-corrected chi connectivity index (χ2v) is 8.31. The molecule has 1 aromatic heterocycles. The standard InChI is InChI=1S/C13H20N2O4S2/c1-10-3-2-5-15(8-10)6-4-14-21(18,19)12-7-11(9-20-12)13(16)17/h7,9-10,14H,2-6,8H2,1H3,(H,16,17). The lowest BCUT2D eigenvalue weighted by Crippen LogP contribution is -2.39. The summed E-state index contributed by atoms with van der Waals surface area (Å²) in [6.45, 7) is 5.24.